The molecule has 1 fully saturated rings. The summed E-state index contributed by atoms with van der Waals surface area (Å²) in [5, 5.41) is 0. The summed E-state index contributed by atoms with van der Waals surface area (Å²) in [6.07, 6.45) is 1.51. The zero-order chi connectivity index (χ0) is 13.1. The number of nitrogens with two attached hydrogens (primary N) is 1. The van der Waals surface area contributed by atoms with Gasteiger partial charge < -0.3 is 15.2 Å². The normalized spacial score (nSPS) is 16.6. The maximum absolute atomic E-state index is 12.1. The molecule has 0 unspecified atom stereocenters. The number of esters is 1. The highest BCUT2D eigenvalue weighted by Crippen LogP contribution is 2.20. The van der Waals surface area contributed by atoms with Crippen LogP contribution in [0.5, 0.6) is 0 Å². The molecule has 4 heteroatoms. The van der Waals surface area contributed by atoms with E-state index in [0.717, 1.165) is 24.0 Å². The number of carbonyl (C=O) groups excluding carboxylic acids is 1. The van der Waals surface area contributed by atoms with Gasteiger partial charge in [-0.2, -0.15) is 0 Å². The van der Waals surface area contributed by atoms with Crippen LogP contribution in [0.4, 0.5) is 5.69 Å². The maximum Gasteiger partial charge on any atom is 0.338 e. The van der Waals surface area contributed by atoms with Crippen molar-refractivity contribution in [1.29, 1.82) is 0 Å². The molecule has 0 aromatic heterocycles. The van der Waals surface area contributed by atoms with Gasteiger partial charge in [0.05, 0.1) is 18.8 Å². The van der Waals surface area contributed by atoms with Gasteiger partial charge >= 0.3 is 5.97 Å². The summed E-state index contributed by atoms with van der Waals surface area (Å²) in [7, 11) is 0. The number of aryl methyl sites for hydroxylation is 1. The third kappa shape index (κ3) is 2.82. The number of carbonyl (C=O) groups is 1. The van der Waals surface area contributed by atoms with Crippen LogP contribution in [0.15, 0.2) is 12.1 Å². The van der Waals surface area contributed by atoms with Gasteiger partial charge in [-0.15, -0.1) is 0 Å². The Balaban J connectivity index is 2.13. The monoisotopic (exact) mass is 249 g/mol. The van der Waals surface area contributed by atoms with Crippen molar-refractivity contribution in [3.8, 4) is 0 Å². The minimum atomic E-state index is -0.283. The second-order valence-corrected chi connectivity index (χ2v) is 4.73. The summed E-state index contributed by atoms with van der Waals surface area (Å²) in [5.41, 5.74) is 8.87. The lowest BCUT2D eigenvalue weighted by Gasteiger charge is -2.22. The molecule has 1 saturated heterocycles. The highest BCUT2D eigenvalue weighted by molar-refractivity contribution is 5.92. The fourth-order valence-corrected chi connectivity index (χ4v) is 2.11. The lowest BCUT2D eigenvalue weighted by atomic mass is 10.0. The smallest absolute Gasteiger partial charge is 0.338 e. The van der Waals surface area contributed by atoms with E-state index in [-0.39, 0.29) is 12.1 Å². The lowest BCUT2D eigenvalue weighted by molar-refractivity contribution is -0.0159. The van der Waals surface area contributed by atoms with Gasteiger partial charge in [0, 0.05) is 18.5 Å². The van der Waals surface area contributed by atoms with Gasteiger partial charge in [0.25, 0.3) is 0 Å². The molecule has 18 heavy (non-hydrogen) atoms. The van der Waals surface area contributed by atoms with Crippen molar-refractivity contribution in [2.75, 3.05) is 18.9 Å². The van der Waals surface area contributed by atoms with Gasteiger partial charge in [0.1, 0.15) is 6.10 Å². The van der Waals surface area contributed by atoms with Crippen molar-refractivity contribution in [2.24, 2.45) is 0 Å². The molecule has 0 bridgehead atoms. The van der Waals surface area contributed by atoms with Crippen LogP contribution < -0.4 is 5.73 Å². The number of hydrogen-bond acceptors (Lipinski definition) is 4. The first kappa shape index (κ1) is 12.9. The van der Waals surface area contributed by atoms with Crippen molar-refractivity contribution in [2.45, 2.75) is 32.8 Å². The van der Waals surface area contributed by atoms with Gasteiger partial charge in [-0.25, -0.2) is 4.79 Å². The first-order valence-electron chi connectivity index (χ1n) is 6.23. The molecule has 1 aromatic rings. The Morgan fingerprint density at radius 2 is 2.00 bits per heavy atom. The molecule has 0 spiro atoms. The highest BCUT2D eigenvalue weighted by atomic mass is 16.6. The third-order valence-corrected chi connectivity index (χ3v) is 3.35. The predicted molar refractivity (Wildman–Crippen MR) is 69.6 cm³/mol. The molecule has 0 radical (unpaired) electrons. The minimum absolute atomic E-state index is 0.0348. The summed E-state index contributed by atoms with van der Waals surface area (Å²) in [5.74, 6) is -0.283. The summed E-state index contributed by atoms with van der Waals surface area (Å²) in [6.45, 7) is 5.17. The number of hydrogen-bond donors (Lipinski definition) is 1. The van der Waals surface area contributed by atoms with E-state index in [1.165, 1.54) is 0 Å². The first-order valence-corrected chi connectivity index (χ1v) is 6.23. The third-order valence-electron chi connectivity index (χ3n) is 3.35. The molecule has 0 aliphatic carbocycles. The van der Waals surface area contributed by atoms with E-state index in [1.54, 1.807) is 6.07 Å². The highest BCUT2D eigenvalue weighted by Gasteiger charge is 2.20. The van der Waals surface area contributed by atoms with Crippen LogP contribution in [0, 0.1) is 13.8 Å². The molecule has 0 amide bonds. The predicted octanol–water partition coefficient (Wildman–Crippen LogP) is 2.22. The van der Waals surface area contributed by atoms with Crippen LogP contribution in [-0.4, -0.2) is 25.3 Å². The minimum Gasteiger partial charge on any atom is -0.459 e. The lowest BCUT2D eigenvalue weighted by Crippen LogP contribution is -2.26. The number of ether oxygens (including phenoxy) is 2. The van der Waals surface area contributed by atoms with Gasteiger partial charge in [0.15, 0.2) is 0 Å². The van der Waals surface area contributed by atoms with E-state index in [2.05, 4.69) is 0 Å². The van der Waals surface area contributed by atoms with E-state index in [4.69, 9.17) is 15.2 Å². The van der Waals surface area contributed by atoms with E-state index in [9.17, 15) is 4.79 Å². The molecule has 2 N–H and O–H groups in total. The number of benzene rings is 1. The molecule has 1 heterocycles. The van der Waals surface area contributed by atoms with Crippen LogP contribution in [0.2, 0.25) is 0 Å². The fraction of sp³-hybridized carbons (Fsp3) is 0.500. The Labute approximate surface area is 107 Å². The van der Waals surface area contributed by atoms with Gasteiger partial charge in [0.2, 0.25) is 0 Å². The van der Waals surface area contributed by atoms with E-state index in [0.29, 0.717) is 24.5 Å². The second-order valence-electron chi connectivity index (χ2n) is 4.73. The Kier molecular flexibility index (Phi) is 3.87. The van der Waals surface area contributed by atoms with E-state index in [1.807, 2.05) is 19.9 Å². The SMILES string of the molecule is Cc1cc(N)cc(C(=O)OC2CCOCC2)c1C. The molecule has 98 valence electrons. The Morgan fingerprint density at radius 3 is 2.67 bits per heavy atom. The van der Waals surface area contributed by atoms with Crippen molar-refractivity contribution in [3.63, 3.8) is 0 Å². The van der Waals surface area contributed by atoms with Crippen molar-refractivity contribution >= 4 is 11.7 Å². The zero-order valence-corrected chi connectivity index (χ0v) is 10.9. The molecular weight excluding hydrogens is 230 g/mol. The van der Waals surface area contributed by atoms with Crippen molar-refractivity contribution in [3.05, 3.63) is 28.8 Å². The standard InChI is InChI=1S/C14H19NO3/c1-9-7-11(15)8-13(10(9)2)14(16)18-12-3-5-17-6-4-12/h7-8,12H,3-6,15H2,1-2H3. The summed E-state index contributed by atoms with van der Waals surface area (Å²) >= 11 is 0. The maximum atomic E-state index is 12.1. The quantitative estimate of drug-likeness (QED) is 0.645. The molecular formula is C14H19NO3. The largest absolute Gasteiger partial charge is 0.459 e. The van der Waals surface area contributed by atoms with Crippen LogP contribution in [0.25, 0.3) is 0 Å². The Bertz CT molecular complexity index is 451. The van der Waals surface area contributed by atoms with Crippen LogP contribution in [0.3, 0.4) is 0 Å². The second kappa shape index (κ2) is 5.40. The number of nitrogen functional groups attached to an aromatic ring is 1. The molecule has 1 aliphatic heterocycles. The summed E-state index contributed by atoms with van der Waals surface area (Å²) in [4.78, 5) is 12.1. The summed E-state index contributed by atoms with van der Waals surface area (Å²) in [6, 6.07) is 3.55. The van der Waals surface area contributed by atoms with Gasteiger partial charge in [-0.1, -0.05) is 0 Å². The van der Waals surface area contributed by atoms with Gasteiger partial charge in [-0.05, 0) is 37.1 Å². The topological polar surface area (TPSA) is 61.6 Å². The summed E-state index contributed by atoms with van der Waals surface area (Å²) < 4.78 is 10.7. The molecule has 2 rings (SSSR count). The molecule has 1 aliphatic rings. The van der Waals surface area contributed by atoms with Crippen LogP contribution >= 0.6 is 0 Å². The van der Waals surface area contributed by atoms with Crippen LogP contribution in [-0.2, 0) is 9.47 Å². The average molecular weight is 249 g/mol. The first-order chi connectivity index (χ1) is 8.58. The van der Waals surface area contributed by atoms with E-state index < -0.39 is 0 Å². The zero-order valence-electron chi connectivity index (χ0n) is 10.9. The van der Waals surface area contributed by atoms with Crippen molar-refractivity contribution < 1.29 is 14.3 Å². The Morgan fingerprint density at radius 1 is 1.33 bits per heavy atom. The van der Waals surface area contributed by atoms with Crippen molar-refractivity contribution in [1.82, 2.24) is 0 Å². The fourth-order valence-electron chi connectivity index (χ4n) is 2.11. The molecule has 0 saturated carbocycles. The molecule has 0 atom stereocenters. The van der Waals surface area contributed by atoms with E-state index >= 15 is 0 Å². The van der Waals surface area contributed by atoms with Crippen LogP contribution in [0.1, 0.15) is 34.3 Å². The van der Waals surface area contributed by atoms with Gasteiger partial charge in [-0.3, -0.25) is 0 Å². The number of rotatable bonds is 2. The molecule has 1 aromatic carbocycles. The number of anilines is 1. The average Bonchev–Trinajstić information content (AvgIpc) is 2.35. The Hall–Kier alpha value is -1.55. The molecule has 4 nitrogen and oxygen atoms in total.